The Labute approximate surface area is 151 Å². The van der Waals surface area contributed by atoms with E-state index in [2.05, 4.69) is 0 Å². The summed E-state index contributed by atoms with van der Waals surface area (Å²) in [6.07, 6.45) is 0. The van der Waals surface area contributed by atoms with E-state index in [4.69, 9.17) is 0 Å². The molecule has 0 atom stereocenters. The lowest BCUT2D eigenvalue weighted by atomic mass is 10.1. The van der Waals surface area contributed by atoms with Crippen LogP contribution in [0.15, 0.2) is 36.4 Å². The molecule has 4 nitrogen and oxygen atoms in total. The van der Waals surface area contributed by atoms with Gasteiger partial charge in [-0.15, -0.1) is 0 Å². The third-order valence-electron chi connectivity index (χ3n) is 4.66. The van der Waals surface area contributed by atoms with Crippen LogP contribution in [0.4, 0.5) is 20.2 Å². The van der Waals surface area contributed by atoms with Gasteiger partial charge in [0.1, 0.15) is 11.6 Å². The molecule has 2 aromatic carbocycles. The second kappa shape index (κ2) is 7.23. The van der Waals surface area contributed by atoms with Crippen LogP contribution in [0.5, 0.6) is 0 Å². The number of carbonyl (C=O) groups is 2. The topological polar surface area (TPSA) is 40.6 Å². The summed E-state index contributed by atoms with van der Waals surface area (Å²) < 4.78 is 28.4. The number of Topliss-reactive ketones (excluding diaryl/α,β-unsaturated/α-hetero) is 2. The number of piperazine rings is 1. The molecule has 1 saturated heterocycles. The highest BCUT2D eigenvalue weighted by molar-refractivity contribution is 6.00. The lowest BCUT2D eigenvalue weighted by Gasteiger charge is -2.38. The average molecular weight is 358 g/mol. The van der Waals surface area contributed by atoms with Crippen molar-refractivity contribution in [2.24, 2.45) is 0 Å². The fraction of sp³-hybridized carbons (Fsp3) is 0.300. The first-order valence-electron chi connectivity index (χ1n) is 8.48. The van der Waals surface area contributed by atoms with E-state index in [1.54, 1.807) is 24.3 Å². The third-order valence-corrected chi connectivity index (χ3v) is 4.66. The van der Waals surface area contributed by atoms with Crippen LogP contribution in [0, 0.1) is 11.6 Å². The Balaban J connectivity index is 1.77. The molecule has 2 aromatic rings. The number of carbonyl (C=O) groups excluding carboxylic acids is 2. The molecule has 3 rings (SSSR count). The summed E-state index contributed by atoms with van der Waals surface area (Å²) >= 11 is 0. The van der Waals surface area contributed by atoms with Gasteiger partial charge in [-0.05, 0) is 44.2 Å². The van der Waals surface area contributed by atoms with Gasteiger partial charge >= 0.3 is 0 Å². The monoisotopic (exact) mass is 358 g/mol. The molecule has 0 aromatic heterocycles. The van der Waals surface area contributed by atoms with Crippen molar-refractivity contribution >= 4 is 22.9 Å². The molecular formula is C20H20F2N2O2. The quantitative estimate of drug-likeness (QED) is 0.782. The molecule has 0 N–H and O–H groups in total. The van der Waals surface area contributed by atoms with Gasteiger partial charge in [-0.1, -0.05) is 6.07 Å². The highest BCUT2D eigenvalue weighted by Gasteiger charge is 2.24. The van der Waals surface area contributed by atoms with Crippen LogP contribution in [0.2, 0.25) is 0 Å². The first kappa shape index (κ1) is 18.0. The molecule has 136 valence electrons. The van der Waals surface area contributed by atoms with E-state index >= 15 is 0 Å². The first-order chi connectivity index (χ1) is 12.4. The summed E-state index contributed by atoms with van der Waals surface area (Å²) in [7, 11) is 0. The SMILES string of the molecule is CC(=O)c1ccc(N2CCN(c3cccc(F)c3C(C)=O)CC2)c(F)c1. The Bertz CT molecular complexity index is 859. The minimum Gasteiger partial charge on any atom is -0.367 e. The summed E-state index contributed by atoms with van der Waals surface area (Å²) in [5.41, 5.74) is 1.46. The molecule has 0 amide bonds. The van der Waals surface area contributed by atoms with Crippen LogP contribution < -0.4 is 9.80 Å². The van der Waals surface area contributed by atoms with E-state index in [0.29, 0.717) is 43.1 Å². The van der Waals surface area contributed by atoms with Crippen molar-refractivity contribution in [3.63, 3.8) is 0 Å². The summed E-state index contributed by atoms with van der Waals surface area (Å²) in [4.78, 5) is 27.0. The van der Waals surface area contributed by atoms with Crippen molar-refractivity contribution in [3.05, 3.63) is 59.2 Å². The van der Waals surface area contributed by atoms with Gasteiger partial charge < -0.3 is 9.80 Å². The maximum atomic E-state index is 14.3. The Morgan fingerprint density at radius 2 is 1.42 bits per heavy atom. The van der Waals surface area contributed by atoms with E-state index < -0.39 is 11.6 Å². The maximum Gasteiger partial charge on any atom is 0.164 e. The summed E-state index contributed by atoms with van der Waals surface area (Å²) in [6, 6.07) is 9.09. The van der Waals surface area contributed by atoms with Gasteiger partial charge in [0, 0.05) is 31.7 Å². The van der Waals surface area contributed by atoms with Crippen LogP contribution in [0.3, 0.4) is 0 Å². The summed E-state index contributed by atoms with van der Waals surface area (Å²) in [5, 5.41) is 0. The Morgan fingerprint density at radius 1 is 0.808 bits per heavy atom. The zero-order chi connectivity index (χ0) is 18.8. The second-order valence-corrected chi connectivity index (χ2v) is 6.39. The lowest BCUT2D eigenvalue weighted by Crippen LogP contribution is -2.47. The van der Waals surface area contributed by atoms with Crippen LogP contribution >= 0.6 is 0 Å². The van der Waals surface area contributed by atoms with Crippen molar-refractivity contribution in [2.45, 2.75) is 13.8 Å². The third kappa shape index (κ3) is 3.45. The van der Waals surface area contributed by atoms with Gasteiger partial charge in [0.2, 0.25) is 0 Å². The summed E-state index contributed by atoms with van der Waals surface area (Å²) in [6.45, 7) is 4.90. The van der Waals surface area contributed by atoms with E-state index in [1.165, 1.54) is 26.0 Å². The largest absolute Gasteiger partial charge is 0.367 e. The number of hydrogen-bond donors (Lipinski definition) is 0. The van der Waals surface area contributed by atoms with Crippen molar-refractivity contribution in [1.29, 1.82) is 0 Å². The van der Waals surface area contributed by atoms with Crippen molar-refractivity contribution in [3.8, 4) is 0 Å². The second-order valence-electron chi connectivity index (χ2n) is 6.39. The van der Waals surface area contributed by atoms with Crippen LogP contribution in [0.25, 0.3) is 0 Å². The molecule has 0 saturated carbocycles. The van der Waals surface area contributed by atoms with Crippen molar-refractivity contribution in [1.82, 2.24) is 0 Å². The fourth-order valence-corrected chi connectivity index (χ4v) is 3.30. The molecule has 1 fully saturated rings. The molecule has 6 heteroatoms. The van der Waals surface area contributed by atoms with Crippen molar-refractivity contribution in [2.75, 3.05) is 36.0 Å². The minimum atomic E-state index is -0.525. The zero-order valence-corrected chi connectivity index (χ0v) is 14.8. The maximum absolute atomic E-state index is 14.3. The van der Waals surface area contributed by atoms with Crippen LogP contribution in [-0.4, -0.2) is 37.7 Å². The molecule has 1 aliphatic rings. The van der Waals surface area contributed by atoms with E-state index in [-0.39, 0.29) is 17.1 Å². The molecule has 26 heavy (non-hydrogen) atoms. The molecular weight excluding hydrogens is 338 g/mol. The fourth-order valence-electron chi connectivity index (χ4n) is 3.30. The van der Waals surface area contributed by atoms with Gasteiger partial charge in [0.15, 0.2) is 11.6 Å². The highest BCUT2D eigenvalue weighted by atomic mass is 19.1. The van der Waals surface area contributed by atoms with Crippen LogP contribution in [0.1, 0.15) is 34.6 Å². The standard InChI is InChI=1S/C20H20F2N2O2/c1-13(25)15-6-7-18(17(22)12-15)23-8-10-24(11-9-23)19-5-3-4-16(21)20(19)14(2)26/h3-7,12H,8-11H2,1-2H3. The van der Waals surface area contributed by atoms with Gasteiger partial charge in [-0.25, -0.2) is 8.78 Å². The number of rotatable bonds is 4. The molecule has 0 bridgehead atoms. The molecule has 0 unspecified atom stereocenters. The van der Waals surface area contributed by atoms with Gasteiger partial charge in [-0.2, -0.15) is 0 Å². The van der Waals surface area contributed by atoms with Crippen molar-refractivity contribution < 1.29 is 18.4 Å². The number of ketones is 2. The Hall–Kier alpha value is -2.76. The highest BCUT2D eigenvalue weighted by Crippen LogP contribution is 2.27. The Kier molecular flexibility index (Phi) is 5.02. The first-order valence-corrected chi connectivity index (χ1v) is 8.48. The van der Waals surface area contributed by atoms with Gasteiger partial charge in [0.25, 0.3) is 0 Å². The number of benzene rings is 2. The minimum absolute atomic E-state index is 0.0953. The molecule has 1 aliphatic heterocycles. The normalized spacial score (nSPS) is 14.5. The number of hydrogen-bond acceptors (Lipinski definition) is 4. The molecule has 1 heterocycles. The number of nitrogens with zero attached hydrogens (tertiary/aromatic N) is 2. The summed E-state index contributed by atoms with van der Waals surface area (Å²) in [5.74, 6) is -1.45. The molecule has 0 spiro atoms. The van der Waals surface area contributed by atoms with Gasteiger partial charge in [-0.3, -0.25) is 9.59 Å². The number of halogens is 2. The van der Waals surface area contributed by atoms with Gasteiger partial charge in [0.05, 0.1) is 16.9 Å². The zero-order valence-electron chi connectivity index (χ0n) is 14.8. The lowest BCUT2D eigenvalue weighted by molar-refractivity contribution is 0.100. The Morgan fingerprint density at radius 3 is 1.96 bits per heavy atom. The molecule has 0 radical (unpaired) electrons. The predicted molar refractivity (Wildman–Crippen MR) is 97.2 cm³/mol. The number of anilines is 2. The van der Waals surface area contributed by atoms with E-state index in [0.717, 1.165) is 0 Å². The van der Waals surface area contributed by atoms with E-state index in [1.807, 2.05) is 9.80 Å². The van der Waals surface area contributed by atoms with Crippen LogP contribution in [-0.2, 0) is 0 Å². The van der Waals surface area contributed by atoms with E-state index in [9.17, 15) is 18.4 Å². The average Bonchev–Trinajstić information content (AvgIpc) is 2.61. The predicted octanol–water partition coefficient (Wildman–Crippen LogP) is 3.70. The molecule has 0 aliphatic carbocycles. The smallest absolute Gasteiger partial charge is 0.164 e.